The van der Waals surface area contributed by atoms with Crippen molar-refractivity contribution in [3.05, 3.63) is 47.1 Å². The molecule has 2 aromatic rings. The molecule has 0 amide bonds. The normalized spacial score (nSPS) is 10.3. The number of aryl methyl sites for hydroxylation is 1. The van der Waals surface area contributed by atoms with Crippen molar-refractivity contribution >= 4 is 5.97 Å². The fourth-order valence-corrected chi connectivity index (χ4v) is 1.49. The van der Waals surface area contributed by atoms with E-state index in [-0.39, 0.29) is 12.5 Å². The topological polar surface area (TPSA) is 65.2 Å². The number of aromatic nitrogens is 2. The molecule has 0 aliphatic rings. The monoisotopic (exact) mass is 246 g/mol. The zero-order chi connectivity index (χ0) is 13.0. The maximum absolute atomic E-state index is 11.3. The van der Waals surface area contributed by atoms with Crippen LogP contribution in [-0.2, 0) is 11.2 Å². The number of hydrogen-bond donors (Lipinski definition) is 0. The van der Waals surface area contributed by atoms with Gasteiger partial charge in [-0.2, -0.15) is 4.98 Å². The van der Waals surface area contributed by atoms with Gasteiger partial charge in [-0.3, -0.25) is 0 Å². The van der Waals surface area contributed by atoms with E-state index < -0.39 is 5.97 Å². The highest BCUT2D eigenvalue weighted by Crippen LogP contribution is 2.09. The highest BCUT2D eigenvalue weighted by atomic mass is 16.6. The average molecular weight is 246 g/mol. The number of rotatable bonds is 4. The van der Waals surface area contributed by atoms with Gasteiger partial charge < -0.3 is 9.26 Å². The van der Waals surface area contributed by atoms with Crippen molar-refractivity contribution in [3.63, 3.8) is 0 Å². The standard InChI is InChI=1S/C13H14N2O3/c1-3-17-13(16)12-14-11(15-18-12)8-10-6-4-9(2)5-7-10/h4-7H,3,8H2,1-2H3. The molecule has 0 saturated heterocycles. The summed E-state index contributed by atoms with van der Waals surface area (Å²) >= 11 is 0. The number of nitrogens with zero attached hydrogens (tertiary/aromatic N) is 2. The van der Waals surface area contributed by atoms with Crippen molar-refractivity contribution in [1.29, 1.82) is 0 Å². The molecule has 2 rings (SSSR count). The van der Waals surface area contributed by atoms with Crippen molar-refractivity contribution in [2.75, 3.05) is 6.61 Å². The van der Waals surface area contributed by atoms with Crippen LogP contribution in [-0.4, -0.2) is 22.7 Å². The lowest BCUT2D eigenvalue weighted by Crippen LogP contribution is -2.05. The van der Waals surface area contributed by atoms with Gasteiger partial charge in [-0.25, -0.2) is 4.79 Å². The predicted octanol–water partition coefficient (Wildman–Crippen LogP) is 2.15. The fraction of sp³-hybridized carbons (Fsp3) is 0.308. The Hall–Kier alpha value is -2.17. The lowest BCUT2D eigenvalue weighted by molar-refractivity contribution is 0.0470. The van der Waals surface area contributed by atoms with Gasteiger partial charge in [0.05, 0.1) is 6.61 Å². The molecule has 0 saturated carbocycles. The van der Waals surface area contributed by atoms with Crippen LogP contribution in [0.4, 0.5) is 0 Å². The summed E-state index contributed by atoms with van der Waals surface area (Å²) in [6.45, 7) is 4.03. The Labute approximate surface area is 105 Å². The molecular formula is C13H14N2O3. The molecule has 1 heterocycles. The van der Waals surface area contributed by atoms with E-state index in [0.717, 1.165) is 5.56 Å². The highest BCUT2D eigenvalue weighted by molar-refractivity contribution is 5.83. The molecule has 0 fully saturated rings. The number of carbonyl (C=O) groups is 1. The Morgan fingerprint density at radius 1 is 1.33 bits per heavy atom. The van der Waals surface area contributed by atoms with E-state index in [2.05, 4.69) is 10.1 Å². The van der Waals surface area contributed by atoms with Gasteiger partial charge in [0.25, 0.3) is 0 Å². The Kier molecular flexibility index (Phi) is 3.72. The van der Waals surface area contributed by atoms with Gasteiger partial charge in [-0.1, -0.05) is 35.0 Å². The SMILES string of the molecule is CCOC(=O)c1nc(Cc2ccc(C)cc2)no1. The third-order valence-corrected chi connectivity index (χ3v) is 2.40. The summed E-state index contributed by atoms with van der Waals surface area (Å²) in [7, 11) is 0. The molecule has 0 atom stereocenters. The van der Waals surface area contributed by atoms with E-state index in [1.165, 1.54) is 5.56 Å². The summed E-state index contributed by atoms with van der Waals surface area (Å²) in [5.74, 6) is -0.207. The van der Waals surface area contributed by atoms with Crippen molar-refractivity contribution in [2.24, 2.45) is 0 Å². The second-order valence-electron chi connectivity index (χ2n) is 3.90. The van der Waals surface area contributed by atoms with Crippen LogP contribution >= 0.6 is 0 Å². The summed E-state index contributed by atoms with van der Waals surface area (Å²) < 4.78 is 9.61. The molecule has 94 valence electrons. The molecule has 0 bridgehead atoms. The Morgan fingerprint density at radius 3 is 2.72 bits per heavy atom. The summed E-state index contributed by atoms with van der Waals surface area (Å²) in [6, 6.07) is 8.02. The maximum Gasteiger partial charge on any atom is 0.397 e. The first-order valence-corrected chi connectivity index (χ1v) is 5.74. The van der Waals surface area contributed by atoms with Crippen LogP contribution in [0, 0.1) is 6.92 Å². The second kappa shape index (κ2) is 5.44. The molecule has 0 aliphatic heterocycles. The summed E-state index contributed by atoms with van der Waals surface area (Å²) in [4.78, 5) is 15.3. The number of carbonyl (C=O) groups excluding carboxylic acids is 1. The van der Waals surface area contributed by atoms with E-state index in [9.17, 15) is 4.79 Å². The third kappa shape index (κ3) is 2.94. The Morgan fingerprint density at radius 2 is 2.06 bits per heavy atom. The van der Waals surface area contributed by atoms with Gasteiger partial charge in [0, 0.05) is 6.42 Å². The van der Waals surface area contributed by atoms with Gasteiger partial charge in [0.15, 0.2) is 5.82 Å². The van der Waals surface area contributed by atoms with E-state index in [1.54, 1.807) is 6.92 Å². The number of hydrogen-bond acceptors (Lipinski definition) is 5. The highest BCUT2D eigenvalue weighted by Gasteiger charge is 2.16. The van der Waals surface area contributed by atoms with Crippen molar-refractivity contribution in [1.82, 2.24) is 10.1 Å². The van der Waals surface area contributed by atoms with Crippen LogP contribution in [0.3, 0.4) is 0 Å². The van der Waals surface area contributed by atoms with Crippen molar-refractivity contribution < 1.29 is 14.1 Å². The molecular weight excluding hydrogens is 232 g/mol. The van der Waals surface area contributed by atoms with Crippen LogP contribution in [0.2, 0.25) is 0 Å². The average Bonchev–Trinajstić information content (AvgIpc) is 2.81. The molecule has 5 nitrogen and oxygen atoms in total. The van der Waals surface area contributed by atoms with Gasteiger partial charge in [-0.15, -0.1) is 0 Å². The minimum Gasteiger partial charge on any atom is -0.459 e. The van der Waals surface area contributed by atoms with Crippen LogP contribution in [0.5, 0.6) is 0 Å². The smallest absolute Gasteiger partial charge is 0.397 e. The van der Waals surface area contributed by atoms with Gasteiger partial charge >= 0.3 is 11.9 Å². The van der Waals surface area contributed by atoms with E-state index >= 15 is 0 Å². The first-order valence-electron chi connectivity index (χ1n) is 5.74. The van der Waals surface area contributed by atoms with Crippen LogP contribution in [0.15, 0.2) is 28.8 Å². The van der Waals surface area contributed by atoms with Crippen LogP contribution in [0.1, 0.15) is 34.6 Å². The van der Waals surface area contributed by atoms with E-state index in [1.807, 2.05) is 31.2 Å². The molecule has 1 aromatic carbocycles. The van der Waals surface area contributed by atoms with Crippen molar-refractivity contribution in [2.45, 2.75) is 20.3 Å². The zero-order valence-electron chi connectivity index (χ0n) is 10.3. The Balaban J connectivity index is 2.06. The minimum absolute atomic E-state index is 0.0982. The van der Waals surface area contributed by atoms with Gasteiger partial charge in [-0.05, 0) is 19.4 Å². The largest absolute Gasteiger partial charge is 0.459 e. The minimum atomic E-state index is -0.583. The van der Waals surface area contributed by atoms with Crippen LogP contribution in [0.25, 0.3) is 0 Å². The molecule has 0 aliphatic carbocycles. The van der Waals surface area contributed by atoms with E-state index in [4.69, 9.17) is 9.26 Å². The van der Waals surface area contributed by atoms with E-state index in [0.29, 0.717) is 12.2 Å². The predicted molar refractivity (Wildman–Crippen MR) is 64.2 cm³/mol. The summed E-state index contributed by atoms with van der Waals surface area (Å²) in [6.07, 6.45) is 0.531. The van der Waals surface area contributed by atoms with Crippen molar-refractivity contribution in [3.8, 4) is 0 Å². The van der Waals surface area contributed by atoms with Gasteiger partial charge in [0.2, 0.25) is 0 Å². The quantitative estimate of drug-likeness (QED) is 0.773. The molecule has 5 heteroatoms. The lowest BCUT2D eigenvalue weighted by atomic mass is 10.1. The zero-order valence-corrected chi connectivity index (χ0v) is 10.3. The van der Waals surface area contributed by atoms with Crippen LogP contribution < -0.4 is 0 Å². The summed E-state index contributed by atoms with van der Waals surface area (Å²) in [5.41, 5.74) is 2.26. The number of ether oxygens (including phenoxy) is 1. The van der Waals surface area contributed by atoms with Gasteiger partial charge in [0.1, 0.15) is 0 Å². The molecule has 0 radical (unpaired) electrons. The third-order valence-electron chi connectivity index (χ3n) is 2.40. The molecule has 1 aromatic heterocycles. The number of esters is 1. The first-order chi connectivity index (χ1) is 8.69. The summed E-state index contributed by atoms with van der Waals surface area (Å²) in [5, 5.41) is 3.75. The maximum atomic E-state index is 11.3. The first kappa shape index (κ1) is 12.3. The molecule has 18 heavy (non-hydrogen) atoms. The number of benzene rings is 1. The second-order valence-corrected chi connectivity index (χ2v) is 3.90. The molecule has 0 spiro atoms. The Bertz CT molecular complexity index is 531. The molecule has 0 unspecified atom stereocenters. The fourth-order valence-electron chi connectivity index (χ4n) is 1.49. The lowest BCUT2D eigenvalue weighted by Gasteiger charge is -1.97. The molecule has 0 N–H and O–H groups in total.